The van der Waals surface area contributed by atoms with Gasteiger partial charge in [-0.3, -0.25) is 0 Å². The fourth-order valence-electron chi connectivity index (χ4n) is 1.17. The molecule has 0 spiro atoms. The van der Waals surface area contributed by atoms with E-state index in [1.54, 1.807) is 25.4 Å². The van der Waals surface area contributed by atoms with Gasteiger partial charge >= 0.3 is 0 Å². The number of aliphatic hydroxyl groups excluding tert-OH is 1. The molecule has 2 unspecified atom stereocenters. The molecule has 0 fully saturated rings. The van der Waals surface area contributed by atoms with Crippen LogP contribution < -0.4 is 0 Å². The van der Waals surface area contributed by atoms with E-state index in [1.165, 1.54) is 0 Å². The van der Waals surface area contributed by atoms with Crippen LogP contribution in [0.2, 0.25) is 0 Å². The first-order valence-corrected chi connectivity index (χ1v) is 4.04. The highest BCUT2D eigenvalue weighted by atomic mass is 79.9. The molecule has 0 aromatic carbocycles. The Labute approximate surface area is 88.7 Å². The summed E-state index contributed by atoms with van der Waals surface area (Å²) >= 11 is 0. The topological polar surface area (TPSA) is 48.9 Å². The van der Waals surface area contributed by atoms with E-state index in [0.29, 0.717) is 6.42 Å². The van der Waals surface area contributed by atoms with Crippen molar-refractivity contribution in [2.45, 2.75) is 25.4 Å². The number of aliphatic hydroxyl groups is 1. The molecule has 1 aromatic heterocycles. The lowest BCUT2D eigenvalue weighted by molar-refractivity contribution is 0.179. The summed E-state index contributed by atoms with van der Waals surface area (Å²) in [5.41, 5.74) is 0. The minimum atomic E-state index is -0.321. The van der Waals surface area contributed by atoms with Crippen LogP contribution in [0.4, 0.5) is 0 Å². The summed E-state index contributed by atoms with van der Waals surface area (Å²) in [6.45, 7) is 5.46. The van der Waals surface area contributed by atoms with Crippen LogP contribution in [0.15, 0.2) is 25.0 Å². The minimum Gasteiger partial charge on any atom is -0.393 e. The Morgan fingerprint density at radius 3 is 2.85 bits per heavy atom. The number of halogens is 1. The van der Waals surface area contributed by atoms with E-state index in [2.05, 4.69) is 16.5 Å². The normalized spacial score (nSPS) is 14.3. The summed E-state index contributed by atoms with van der Waals surface area (Å²) in [6.07, 6.45) is 5.61. The number of hydrogen-bond donors (Lipinski definition) is 2. The summed E-state index contributed by atoms with van der Waals surface area (Å²) in [5, 5.41) is 9.16. The zero-order valence-electron chi connectivity index (χ0n) is 7.60. The lowest BCUT2D eigenvalue weighted by atomic mass is 10.0. The second-order valence-corrected chi connectivity index (χ2v) is 2.90. The van der Waals surface area contributed by atoms with E-state index in [-0.39, 0.29) is 29.0 Å². The number of allylic oxidation sites excluding steroid dienone is 1. The van der Waals surface area contributed by atoms with Crippen molar-refractivity contribution in [3.8, 4) is 0 Å². The van der Waals surface area contributed by atoms with Gasteiger partial charge in [-0.2, -0.15) is 0 Å². The maximum absolute atomic E-state index is 9.16. The van der Waals surface area contributed by atoms with Gasteiger partial charge in [0.2, 0.25) is 0 Å². The van der Waals surface area contributed by atoms with E-state index >= 15 is 0 Å². The highest BCUT2D eigenvalue weighted by Crippen LogP contribution is 2.18. The molecule has 4 heteroatoms. The molecule has 2 atom stereocenters. The first-order valence-electron chi connectivity index (χ1n) is 4.04. The van der Waals surface area contributed by atoms with E-state index in [9.17, 15) is 0 Å². The SMILES string of the molecule is Br.C=CC(CC(C)O)c1ncc[nH]1. The number of H-pyrrole nitrogens is 1. The van der Waals surface area contributed by atoms with Crippen molar-refractivity contribution in [2.75, 3.05) is 0 Å². The van der Waals surface area contributed by atoms with E-state index < -0.39 is 0 Å². The van der Waals surface area contributed by atoms with Gasteiger partial charge in [0.05, 0.1) is 6.10 Å². The fourth-order valence-corrected chi connectivity index (χ4v) is 1.17. The average molecular weight is 247 g/mol. The van der Waals surface area contributed by atoms with Crippen LogP contribution in [0.25, 0.3) is 0 Å². The van der Waals surface area contributed by atoms with Gasteiger partial charge in [0.1, 0.15) is 5.82 Å². The summed E-state index contributed by atoms with van der Waals surface area (Å²) in [7, 11) is 0. The molecular formula is C9H15BrN2O. The second-order valence-electron chi connectivity index (χ2n) is 2.90. The molecule has 0 saturated heterocycles. The smallest absolute Gasteiger partial charge is 0.113 e. The number of aromatic amines is 1. The Morgan fingerprint density at radius 2 is 2.46 bits per heavy atom. The monoisotopic (exact) mass is 246 g/mol. The molecule has 0 aliphatic carbocycles. The van der Waals surface area contributed by atoms with Gasteiger partial charge in [0, 0.05) is 18.3 Å². The van der Waals surface area contributed by atoms with Gasteiger partial charge in [0.25, 0.3) is 0 Å². The lowest BCUT2D eigenvalue weighted by Crippen LogP contribution is -2.07. The van der Waals surface area contributed by atoms with Crippen LogP contribution in [-0.4, -0.2) is 21.2 Å². The number of nitrogens with one attached hydrogen (secondary N) is 1. The van der Waals surface area contributed by atoms with E-state index in [1.807, 2.05) is 0 Å². The zero-order chi connectivity index (χ0) is 8.97. The van der Waals surface area contributed by atoms with Gasteiger partial charge in [0.15, 0.2) is 0 Å². The lowest BCUT2D eigenvalue weighted by Gasteiger charge is -2.10. The summed E-state index contributed by atoms with van der Waals surface area (Å²) in [4.78, 5) is 7.10. The van der Waals surface area contributed by atoms with Crippen molar-refractivity contribution in [3.05, 3.63) is 30.9 Å². The highest BCUT2D eigenvalue weighted by molar-refractivity contribution is 8.93. The van der Waals surface area contributed by atoms with Crippen LogP contribution >= 0.6 is 17.0 Å². The molecule has 0 radical (unpaired) electrons. The van der Waals surface area contributed by atoms with Gasteiger partial charge < -0.3 is 10.1 Å². The van der Waals surface area contributed by atoms with E-state index in [0.717, 1.165) is 5.82 Å². The Bertz CT molecular complexity index is 234. The molecule has 2 N–H and O–H groups in total. The molecule has 0 aliphatic heterocycles. The maximum atomic E-state index is 9.16. The largest absolute Gasteiger partial charge is 0.393 e. The summed E-state index contributed by atoms with van der Waals surface area (Å²) < 4.78 is 0. The molecule has 0 bridgehead atoms. The number of hydrogen-bond acceptors (Lipinski definition) is 2. The molecule has 1 heterocycles. The highest BCUT2D eigenvalue weighted by Gasteiger charge is 2.11. The van der Waals surface area contributed by atoms with E-state index in [4.69, 9.17) is 5.11 Å². The summed E-state index contributed by atoms with van der Waals surface area (Å²) in [5.74, 6) is 0.992. The van der Waals surface area contributed by atoms with Crippen LogP contribution in [0, 0.1) is 0 Å². The second kappa shape index (κ2) is 5.94. The first kappa shape index (κ1) is 12.4. The molecular weight excluding hydrogens is 232 g/mol. The first-order chi connectivity index (χ1) is 5.74. The van der Waals surface area contributed by atoms with Crippen LogP contribution in [-0.2, 0) is 0 Å². The number of rotatable bonds is 4. The quantitative estimate of drug-likeness (QED) is 0.800. The maximum Gasteiger partial charge on any atom is 0.113 e. The van der Waals surface area contributed by atoms with Crippen molar-refractivity contribution in [1.29, 1.82) is 0 Å². The van der Waals surface area contributed by atoms with Gasteiger partial charge in [-0.15, -0.1) is 23.6 Å². The predicted molar refractivity (Wildman–Crippen MR) is 58.1 cm³/mol. The molecule has 1 aromatic rings. The summed E-state index contributed by atoms with van der Waals surface area (Å²) in [6, 6.07) is 0. The molecule has 0 aliphatic rings. The number of aromatic nitrogens is 2. The van der Waals surface area contributed by atoms with Crippen molar-refractivity contribution in [3.63, 3.8) is 0 Å². The van der Waals surface area contributed by atoms with Crippen molar-refractivity contribution in [2.24, 2.45) is 0 Å². The Kier molecular flexibility index (Phi) is 5.66. The predicted octanol–water partition coefficient (Wildman–Crippen LogP) is 2.03. The average Bonchev–Trinajstić information content (AvgIpc) is 2.51. The van der Waals surface area contributed by atoms with Gasteiger partial charge in [-0.1, -0.05) is 6.08 Å². The molecule has 1 rings (SSSR count). The number of imidazole rings is 1. The zero-order valence-corrected chi connectivity index (χ0v) is 9.32. The third-order valence-corrected chi connectivity index (χ3v) is 1.75. The molecule has 0 amide bonds. The molecule has 3 nitrogen and oxygen atoms in total. The third kappa shape index (κ3) is 3.74. The standard InChI is InChI=1S/C9H14N2O.BrH/c1-3-8(6-7(2)12)9-10-4-5-11-9;/h3-5,7-8,12H,1,6H2,2H3,(H,10,11);1H. The Hall–Kier alpha value is -0.610. The minimum absolute atomic E-state index is 0. The number of nitrogens with zero attached hydrogens (tertiary/aromatic N) is 1. The van der Waals surface area contributed by atoms with Gasteiger partial charge in [-0.25, -0.2) is 4.98 Å². The van der Waals surface area contributed by atoms with Crippen molar-refractivity contribution in [1.82, 2.24) is 9.97 Å². The third-order valence-electron chi connectivity index (χ3n) is 1.75. The fraction of sp³-hybridized carbons (Fsp3) is 0.444. The molecule has 13 heavy (non-hydrogen) atoms. The van der Waals surface area contributed by atoms with Crippen molar-refractivity contribution >= 4 is 17.0 Å². The van der Waals surface area contributed by atoms with Crippen molar-refractivity contribution < 1.29 is 5.11 Å². The van der Waals surface area contributed by atoms with Gasteiger partial charge in [-0.05, 0) is 13.3 Å². The van der Waals surface area contributed by atoms with Crippen LogP contribution in [0.1, 0.15) is 25.1 Å². The molecule has 0 saturated carbocycles. The Balaban J connectivity index is 0.00000144. The van der Waals surface area contributed by atoms with Crippen LogP contribution in [0.3, 0.4) is 0 Å². The Morgan fingerprint density at radius 1 is 1.77 bits per heavy atom. The van der Waals surface area contributed by atoms with Crippen LogP contribution in [0.5, 0.6) is 0 Å². The molecule has 74 valence electrons.